The molecule has 4 heteroatoms. The smallest absolute Gasteiger partial charge is 0.192 e. The molecule has 0 heterocycles. The third kappa shape index (κ3) is 4.47. The molecule has 0 radical (unpaired) electrons. The Balaban J connectivity index is 2.60. The number of rotatable bonds is 8. The van der Waals surface area contributed by atoms with E-state index in [2.05, 4.69) is 0 Å². The highest BCUT2D eigenvalue weighted by Crippen LogP contribution is 2.18. The second-order valence-corrected chi connectivity index (χ2v) is 3.93. The second kappa shape index (κ2) is 7.84. The largest absolute Gasteiger partial charge is 0.493 e. The number of benzene rings is 1. The van der Waals surface area contributed by atoms with E-state index in [1.807, 2.05) is 26.0 Å². The summed E-state index contributed by atoms with van der Waals surface area (Å²) in [7, 11) is 1.60. The Bertz CT molecular complexity index is 376. The maximum atomic E-state index is 12.0. The highest BCUT2D eigenvalue weighted by atomic mass is 16.5. The van der Waals surface area contributed by atoms with Crippen LogP contribution in [-0.4, -0.2) is 38.8 Å². The molecule has 0 spiro atoms. The van der Waals surface area contributed by atoms with Gasteiger partial charge in [0.05, 0.1) is 24.9 Å². The average molecular weight is 252 g/mol. The molecular formula is C14H20O4. The summed E-state index contributed by atoms with van der Waals surface area (Å²) in [5.41, 5.74) is 0.559. The minimum absolute atomic E-state index is 0.0363. The van der Waals surface area contributed by atoms with Crippen molar-refractivity contribution >= 4 is 5.78 Å². The molecule has 0 N–H and O–H groups in total. The van der Waals surface area contributed by atoms with Crippen LogP contribution < -0.4 is 4.74 Å². The zero-order valence-corrected chi connectivity index (χ0v) is 11.1. The van der Waals surface area contributed by atoms with E-state index < -0.39 is 0 Å². The van der Waals surface area contributed by atoms with Crippen LogP contribution in [0.15, 0.2) is 24.3 Å². The van der Waals surface area contributed by atoms with Crippen molar-refractivity contribution in [3.8, 4) is 5.75 Å². The zero-order valence-electron chi connectivity index (χ0n) is 11.1. The van der Waals surface area contributed by atoms with Gasteiger partial charge in [-0.3, -0.25) is 4.79 Å². The van der Waals surface area contributed by atoms with Crippen molar-refractivity contribution in [3.63, 3.8) is 0 Å². The molecule has 0 saturated heterocycles. The third-order valence-corrected chi connectivity index (χ3v) is 2.39. The van der Waals surface area contributed by atoms with Crippen molar-refractivity contribution in [2.75, 3.05) is 26.9 Å². The molecule has 0 aromatic heterocycles. The maximum absolute atomic E-state index is 12.0. The summed E-state index contributed by atoms with van der Waals surface area (Å²) in [5, 5.41) is 0. The van der Waals surface area contributed by atoms with Crippen molar-refractivity contribution in [2.45, 2.75) is 20.0 Å². The number of ketones is 1. The van der Waals surface area contributed by atoms with E-state index in [0.29, 0.717) is 24.5 Å². The van der Waals surface area contributed by atoms with Crippen molar-refractivity contribution in [2.24, 2.45) is 0 Å². The first-order valence-corrected chi connectivity index (χ1v) is 6.04. The van der Waals surface area contributed by atoms with Crippen LogP contribution >= 0.6 is 0 Å². The van der Waals surface area contributed by atoms with Crippen LogP contribution in [0.5, 0.6) is 5.75 Å². The minimum Gasteiger partial charge on any atom is -0.493 e. The molecule has 0 aliphatic rings. The first kappa shape index (κ1) is 14.7. The number of carbonyl (C=O) groups excluding carboxylic acids is 1. The molecular weight excluding hydrogens is 232 g/mol. The minimum atomic E-state index is -0.0989. The van der Waals surface area contributed by atoms with E-state index >= 15 is 0 Å². The second-order valence-electron chi connectivity index (χ2n) is 3.93. The van der Waals surface area contributed by atoms with Crippen LogP contribution in [0, 0.1) is 0 Å². The Morgan fingerprint density at radius 2 is 2.06 bits per heavy atom. The van der Waals surface area contributed by atoms with Gasteiger partial charge in [-0.2, -0.15) is 0 Å². The molecule has 1 rings (SSSR count). The topological polar surface area (TPSA) is 44.8 Å². The third-order valence-electron chi connectivity index (χ3n) is 2.39. The lowest BCUT2D eigenvalue weighted by Crippen LogP contribution is -2.20. The molecule has 0 fully saturated rings. The van der Waals surface area contributed by atoms with Gasteiger partial charge in [-0.25, -0.2) is 0 Å². The van der Waals surface area contributed by atoms with Gasteiger partial charge < -0.3 is 14.2 Å². The summed E-state index contributed by atoms with van der Waals surface area (Å²) in [4.78, 5) is 12.0. The van der Waals surface area contributed by atoms with E-state index in [1.54, 1.807) is 19.2 Å². The summed E-state index contributed by atoms with van der Waals surface area (Å²) in [6.45, 7) is 4.80. The van der Waals surface area contributed by atoms with Gasteiger partial charge >= 0.3 is 0 Å². The predicted octanol–water partition coefficient (Wildman–Crippen LogP) is 2.32. The van der Waals surface area contributed by atoms with E-state index in [-0.39, 0.29) is 18.5 Å². The van der Waals surface area contributed by atoms with Crippen LogP contribution in [0.25, 0.3) is 0 Å². The van der Waals surface area contributed by atoms with E-state index in [4.69, 9.17) is 14.2 Å². The van der Waals surface area contributed by atoms with Crippen molar-refractivity contribution in [3.05, 3.63) is 29.8 Å². The van der Waals surface area contributed by atoms with Crippen molar-refractivity contribution in [1.82, 2.24) is 0 Å². The van der Waals surface area contributed by atoms with Crippen LogP contribution in [0.1, 0.15) is 24.2 Å². The maximum Gasteiger partial charge on any atom is 0.192 e. The number of methoxy groups -OCH3 is 1. The van der Waals surface area contributed by atoms with Gasteiger partial charge in [0.1, 0.15) is 12.4 Å². The summed E-state index contributed by atoms with van der Waals surface area (Å²) in [6.07, 6.45) is -0.0989. The summed E-state index contributed by atoms with van der Waals surface area (Å²) >= 11 is 0. The van der Waals surface area contributed by atoms with Crippen LogP contribution in [0.3, 0.4) is 0 Å². The monoisotopic (exact) mass is 252 g/mol. The van der Waals surface area contributed by atoms with Gasteiger partial charge in [-0.15, -0.1) is 0 Å². The highest BCUT2D eigenvalue weighted by molar-refractivity contribution is 5.99. The lowest BCUT2D eigenvalue weighted by molar-refractivity contribution is 0.0124. The predicted molar refractivity (Wildman–Crippen MR) is 69.2 cm³/mol. The number of Topliss-reactive ketones (excluding diaryl/α,β-unsaturated/α-hetero) is 1. The molecule has 0 aliphatic heterocycles. The number of para-hydroxylation sites is 1. The molecule has 0 saturated carbocycles. The standard InChI is InChI=1S/C14H20O4/c1-4-17-14-8-6-5-7-12(14)13(15)10-18-11(2)9-16-3/h5-8,11H,4,9-10H2,1-3H3. The molecule has 18 heavy (non-hydrogen) atoms. The quantitative estimate of drug-likeness (QED) is 0.666. The van der Waals surface area contributed by atoms with Gasteiger partial charge in [-0.05, 0) is 26.0 Å². The molecule has 4 nitrogen and oxygen atoms in total. The molecule has 0 amide bonds. The number of ether oxygens (including phenoxy) is 3. The lowest BCUT2D eigenvalue weighted by atomic mass is 10.1. The van der Waals surface area contributed by atoms with Gasteiger partial charge in [-0.1, -0.05) is 12.1 Å². The zero-order chi connectivity index (χ0) is 13.4. The van der Waals surface area contributed by atoms with Gasteiger partial charge in [0.2, 0.25) is 0 Å². The molecule has 1 atom stereocenters. The van der Waals surface area contributed by atoms with Crippen LogP contribution in [-0.2, 0) is 9.47 Å². The summed E-state index contributed by atoms with van der Waals surface area (Å²) in [6, 6.07) is 7.19. The SMILES string of the molecule is CCOc1ccccc1C(=O)COC(C)COC. The summed E-state index contributed by atoms with van der Waals surface area (Å²) in [5.74, 6) is 0.523. The first-order valence-electron chi connectivity index (χ1n) is 6.04. The van der Waals surface area contributed by atoms with Gasteiger partial charge in [0, 0.05) is 7.11 Å². The Kier molecular flexibility index (Phi) is 6.39. The molecule has 0 aliphatic carbocycles. The number of hydrogen-bond acceptors (Lipinski definition) is 4. The average Bonchev–Trinajstić information content (AvgIpc) is 2.37. The van der Waals surface area contributed by atoms with Crippen LogP contribution in [0.4, 0.5) is 0 Å². The molecule has 1 unspecified atom stereocenters. The van der Waals surface area contributed by atoms with Gasteiger partial charge in [0.15, 0.2) is 5.78 Å². The van der Waals surface area contributed by atoms with E-state index in [9.17, 15) is 4.79 Å². The Labute approximate surface area is 108 Å². The first-order chi connectivity index (χ1) is 8.69. The molecule has 1 aromatic carbocycles. The number of carbonyl (C=O) groups is 1. The molecule has 0 bridgehead atoms. The normalized spacial score (nSPS) is 12.2. The Morgan fingerprint density at radius 1 is 1.33 bits per heavy atom. The Hall–Kier alpha value is -1.39. The molecule has 1 aromatic rings. The fourth-order valence-electron chi connectivity index (χ4n) is 1.56. The van der Waals surface area contributed by atoms with Crippen LogP contribution in [0.2, 0.25) is 0 Å². The highest BCUT2D eigenvalue weighted by Gasteiger charge is 2.13. The van der Waals surface area contributed by atoms with E-state index in [1.165, 1.54) is 0 Å². The van der Waals surface area contributed by atoms with E-state index in [0.717, 1.165) is 0 Å². The summed E-state index contributed by atoms with van der Waals surface area (Å²) < 4.78 is 15.8. The van der Waals surface area contributed by atoms with Crippen molar-refractivity contribution < 1.29 is 19.0 Å². The number of hydrogen-bond donors (Lipinski definition) is 0. The lowest BCUT2D eigenvalue weighted by Gasteiger charge is -2.13. The van der Waals surface area contributed by atoms with Gasteiger partial charge in [0.25, 0.3) is 0 Å². The fraction of sp³-hybridized carbons (Fsp3) is 0.500. The Morgan fingerprint density at radius 3 is 2.72 bits per heavy atom. The molecule has 100 valence electrons. The fourth-order valence-corrected chi connectivity index (χ4v) is 1.56. The van der Waals surface area contributed by atoms with Crippen molar-refractivity contribution in [1.29, 1.82) is 0 Å².